The lowest BCUT2D eigenvalue weighted by Gasteiger charge is -2.27. The maximum atomic E-state index is 14.1. The summed E-state index contributed by atoms with van der Waals surface area (Å²) in [5.74, 6) is -0.282. The van der Waals surface area contributed by atoms with Crippen molar-refractivity contribution in [2.45, 2.75) is 0 Å². The van der Waals surface area contributed by atoms with E-state index in [1.807, 2.05) is 30.3 Å². The van der Waals surface area contributed by atoms with Crippen LogP contribution in [-0.4, -0.2) is 0 Å². The molecule has 2 heterocycles. The van der Waals surface area contributed by atoms with E-state index in [-0.39, 0.29) is 5.82 Å². The Morgan fingerprint density at radius 1 is 0.429 bits per heavy atom. The van der Waals surface area contributed by atoms with Gasteiger partial charge in [-0.1, -0.05) is 72.8 Å². The fourth-order valence-electron chi connectivity index (χ4n) is 6.44. The van der Waals surface area contributed by atoms with E-state index >= 15 is 0 Å². The molecular formula is C38H22FNO2. The second kappa shape index (κ2) is 8.69. The number of fused-ring (bicyclic) bond motifs is 10. The number of halogens is 1. The van der Waals surface area contributed by atoms with E-state index in [1.165, 1.54) is 17.5 Å². The zero-order chi connectivity index (χ0) is 27.8. The highest BCUT2D eigenvalue weighted by Crippen LogP contribution is 2.46. The van der Waals surface area contributed by atoms with Gasteiger partial charge in [0.15, 0.2) is 0 Å². The highest BCUT2D eigenvalue weighted by Gasteiger charge is 2.22. The summed E-state index contributed by atoms with van der Waals surface area (Å²) >= 11 is 0. The normalized spacial score (nSPS) is 11.9. The molecule has 0 atom stereocenters. The van der Waals surface area contributed by atoms with Gasteiger partial charge in [0.05, 0.1) is 5.69 Å². The summed E-state index contributed by atoms with van der Waals surface area (Å²) in [5, 5.41) is 8.83. The largest absolute Gasteiger partial charge is 0.456 e. The van der Waals surface area contributed by atoms with Gasteiger partial charge in [0, 0.05) is 50.4 Å². The zero-order valence-electron chi connectivity index (χ0n) is 22.3. The van der Waals surface area contributed by atoms with Crippen LogP contribution in [0.5, 0.6) is 0 Å². The molecule has 4 heteroatoms. The van der Waals surface area contributed by atoms with Gasteiger partial charge in [0.1, 0.15) is 28.1 Å². The van der Waals surface area contributed by atoms with Crippen LogP contribution in [0.3, 0.4) is 0 Å². The summed E-state index contributed by atoms with van der Waals surface area (Å²) in [6, 6.07) is 44.0. The monoisotopic (exact) mass is 543 g/mol. The molecular weight excluding hydrogens is 521 g/mol. The van der Waals surface area contributed by atoms with Crippen LogP contribution in [0.4, 0.5) is 21.5 Å². The Hall–Kier alpha value is -5.61. The summed E-state index contributed by atoms with van der Waals surface area (Å²) in [6.07, 6.45) is 0. The Bertz CT molecular complexity index is 2490. The summed E-state index contributed by atoms with van der Waals surface area (Å²) in [7, 11) is 0. The first-order chi connectivity index (χ1) is 20.7. The lowest BCUT2D eigenvalue weighted by Crippen LogP contribution is -2.10. The van der Waals surface area contributed by atoms with Crippen molar-refractivity contribution >= 4 is 82.5 Å². The van der Waals surface area contributed by atoms with E-state index in [4.69, 9.17) is 8.83 Å². The summed E-state index contributed by atoms with van der Waals surface area (Å²) in [4.78, 5) is 2.15. The van der Waals surface area contributed by atoms with E-state index in [0.717, 1.165) is 77.1 Å². The van der Waals surface area contributed by atoms with Gasteiger partial charge in [-0.25, -0.2) is 4.39 Å². The first-order valence-corrected chi connectivity index (χ1v) is 14.0. The molecule has 198 valence electrons. The molecule has 9 rings (SSSR count). The van der Waals surface area contributed by atoms with E-state index in [9.17, 15) is 4.39 Å². The van der Waals surface area contributed by atoms with Crippen LogP contribution in [0.25, 0.3) is 65.4 Å². The first kappa shape index (κ1) is 23.1. The molecule has 3 nitrogen and oxygen atoms in total. The highest BCUT2D eigenvalue weighted by molar-refractivity contribution is 6.28. The number of nitrogens with zero attached hydrogens (tertiary/aromatic N) is 1. The van der Waals surface area contributed by atoms with Gasteiger partial charge < -0.3 is 13.7 Å². The van der Waals surface area contributed by atoms with Gasteiger partial charge in [-0.15, -0.1) is 0 Å². The molecule has 0 fully saturated rings. The van der Waals surface area contributed by atoms with Crippen LogP contribution < -0.4 is 4.90 Å². The number of hydrogen-bond acceptors (Lipinski definition) is 3. The number of hydrogen-bond donors (Lipinski definition) is 0. The van der Waals surface area contributed by atoms with Gasteiger partial charge >= 0.3 is 0 Å². The first-order valence-electron chi connectivity index (χ1n) is 14.0. The molecule has 0 saturated heterocycles. The minimum atomic E-state index is -0.282. The third kappa shape index (κ3) is 3.32. The van der Waals surface area contributed by atoms with Crippen molar-refractivity contribution in [3.63, 3.8) is 0 Å². The quantitative estimate of drug-likeness (QED) is 0.222. The third-order valence-electron chi connectivity index (χ3n) is 8.29. The molecule has 0 bridgehead atoms. The molecule has 2 aromatic heterocycles. The predicted octanol–water partition coefficient (Wildman–Crippen LogP) is 11.4. The van der Waals surface area contributed by atoms with Crippen LogP contribution in [0, 0.1) is 5.82 Å². The topological polar surface area (TPSA) is 29.5 Å². The lowest BCUT2D eigenvalue weighted by atomic mass is 9.98. The smallest absolute Gasteiger partial charge is 0.138 e. The van der Waals surface area contributed by atoms with Gasteiger partial charge in [-0.3, -0.25) is 0 Å². The lowest BCUT2D eigenvalue weighted by molar-refractivity contribution is 0.628. The molecule has 0 aliphatic heterocycles. The zero-order valence-corrected chi connectivity index (χ0v) is 22.3. The number of benzene rings is 7. The van der Waals surface area contributed by atoms with Gasteiger partial charge in [0.25, 0.3) is 0 Å². The van der Waals surface area contributed by atoms with Crippen molar-refractivity contribution in [1.82, 2.24) is 0 Å². The molecule has 0 N–H and O–H groups in total. The van der Waals surface area contributed by atoms with Crippen LogP contribution >= 0.6 is 0 Å². The van der Waals surface area contributed by atoms with Crippen LogP contribution in [0.1, 0.15) is 0 Å². The molecule has 0 unspecified atom stereocenters. The molecule has 7 aromatic carbocycles. The molecule has 9 aromatic rings. The van der Waals surface area contributed by atoms with Crippen molar-refractivity contribution in [2.75, 3.05) is 4.90 Å². The minimum Gasteiger partial charge on any atom is -0.456 e. The number of para-hydroxylation sites is 1. The summed E-state index contributed by atoms with van der Waals surface area (Å²) in [5.41, 5.74) is 5.96. The maximum Gasteiger partial charge on any atom is 0.138 e. The fourth-order valence-corrected chi connectivity index (χ4v) is 6.44. The second-order valence-electron chi connectivity index (χ2n) is 10.7. The van der Waals surface area contributed by atoms with Crippen molar-refractivity contribution < 1.29 is 13.2 Å². The Balaban J connectivity index is 1.37. The molecule has 0 amide bonds. The second-order valence-corrected chi connectivity index (χ2v) is 10.7. The molecule has 0 aliphatic rings. The minimum absolute atomic E-state index is 0.282. The van der Waals surface area contributed by atoms with Gasteiger partial charge in [-0.2, -0.15) is 0 Å². The number of anilines is 3. The highest BCUT2D eigenvalue weighted by atomic mass is 19.1. The van der Waals surface area contributed by atoms with Crippen molar-refractivity contribution in [3.8, 4) is 0 Å². The summed E-state index contributed by atoms with van der Waals surface area (Å²) < 4.78 is 27.0. The predicted molar refractivity (Wildman–Crippen MR) is 171 cm³/mol. The maximum absolute atomic E-state index is 14.1. The van der Waals surface area contributed by atoms with Crippen LogP contribution in [0.15, 0.2) is 142 Å². The molecule has 0 radical (unpaired) electrons. The SMILES string of the molecule is Fc1ccc(N(c2ccc3c(c2)oc2ccccc23)c2cc3oc4ccc5ccccc5c4c3c3ccccc23)cc1. The molecule has 0 spiro atoms. The van der Waals surface area contributed by atoms with Crippen LogP contribution in [0.2, 0.25) is 0 Å². The average molecular weight is 544 g/mol. The van der Waals surface area contributed by atoms with Crippen molar-refractivity contribution in [1.29, 1.82) is 0 Å². The standard InChI is InChI=1S/C38H22FNO2/c39-24-14-16-25(17-15-24)40(26-18-19-30-29-10-5-6-12-33(29)41-35(30)21-26)32-22-36-38(31-11-4-3-9-28(31)32)37-27-8-2-1-7-23(27)13-20-34(37)42-36/h1-22H. The molecule has 42 heavy (non-hydrogen) atoms. The van der Waals surface area contributed by atoms with Gasteiger partial charge in [-0.05, 0) is 64.7 Å². The van der Waals surface area contributed by atoms with Crippen molar-refractivity contribution in [2.24, 2.45) is 0 Å². The van der Waals surface area contributed by atoms with Gasteiger partial charge in [0.2, 0.25) is 0 Å². The van der Waals surface area contributed by atoms with Crippen LogP contribution in [-0.2, 0) is 0 Å². The Morgan fingerprint density at radius 3 is 1.93 bits per heavy atom. The Kier molecular flexibility index (Phi) is 4.79. The molecule has 0 aliphatic carbocycles. The third-order valence-corrected chi connectivity index (χ3v) is 8.29. The van der Waals surface area contributed by atoms with E-state index in [0.29, 0.717) is 0 Å². The fraction of sp³-hybridized carbons (Fsp3) is 0. The Labute approximate surface area is 239 Å². The van der Waals surface area contributed by atoms with E-state index < -0.39 is 0 Å². The Morgan fingerprint density at radius 2 is 1.07 bits per heavy atom. The summed E-state index contributed by atoms with van der Waals surface area (Å²) in [6.45, 7) is 0. The number of rotatable bonds is 3. The van der Waals surface area contributed by atoms with E-state index in [2.05, 4.69) is 95.9 Å². The number of furan rings is 2. The molecule has 0 saturated carbocycles. The van der Waals surface area contributed by atoms with E-state index in [1.54, 1.807) is 0 Å². The van der Waals surface area contributed by atoms with Crippen molar-refractivity contribution in [3.05, 3.63) is 139 Å². The average Bonchev–Trinajstić information content (AvgIpc) is 3.60.